The van der Waals surface area contributed by atoms with Crippen molar-refractivity contribution in [2.75, 3.05) is 13.1 Å². The molecule has 1 aromatic carbocycles. The Morgan fingerprint density at radius 3 is 2.38 bits per heavy atom. The molecule has 0 unspecified atom stereocenters. The van der Waals surface area contributed by atoms with Crippen molar-refractivity contribution in [3.05, 3.63) is 46.8 Å². The number of carbonyl (C=O) groups is 2. The van der Waals surface area contributed by atoms with Crippen molar-refractivity contribution < 1.29 is 27.3 Å². The van der Waals surface area contributed by atoms with Crippen molar-refractivity contribution in [2.24, 2.45) is 5.92 Å². The summed E-state index contributed by atoms with van der Waals surface area (Å²) in [4.78, 5) is 25.5. The van der Waals surface area contributed by atoms with Crippen LogP contribution in [0.15, 0.2) is 33.7 Å². The second kappa shape index (κ2) is 10.7. The molecule has 32 heavy (non-hydrogen) atoms. The van der Waals surface area contributed by atoms with Gasteiger partial charge in [0, 0.05) is 18.7 Å². The Labute approximate surface area is 189 Å². The lowest BCUT2D eigenvalue weighted by Gasteiger charge is -2.21. The Kier molecular flexibility index (Phi) is 8.57. The van der Waals surface area contributed by atoms with Crippen LogP contribution in [-0.4, -0.2) is 48.9 Å². The lowest BCUT2D eigenvalue weighted by atomic mass is 10.0. The lowest BCUT2D eigenvalue weighted by molar-refractivity contribution is -0.148. The summed E-state index contributed by atoms with van der Waals surface area (Å²) >= 11 is 0. The minimum Gasteiger partial charge on any atom is -0.459 e. The van der Waals surface area contributed by atoms with Crippen LogP contribution in [-0.2, 0) is 26.2 Å². The topological polar surface area (TPSA) is 119 Å². The Bertz CT molecular complexity index is 1040. The van der Waals surface area contributed by atoms with Gasteiger partial charge in [-0.3, -0.25) is 4.79 Å². The van der Waals surface area contributed by atoms with Crippen LogP contribution in [0.1, 0.15) is 55.1 Å². The Morgan fingerprint density at radius 1 is 1.19 bits per heavy atom. The first-order chi connectivity index (χ1) is 15.0. The molecule has 0 spiro atoms. The molecule has 2 aromatic rings. The van der Waals surface area contributed by atoms with Crippen LogP contribution >= 0.6 is 0 Å². The molecular weight excluding hydrogens is 434 g/mol. The quantitative estimate of drug-likeness (QED) is 0.536. The van der Waals surface area contributed by atoms with Crippen molar-refractivity contribution >= 4 is 21.9 Å². The SMILES string of the molecule is CCN(CC)S(=O)(=O)c1cccc(C(=O)N[C@H](C(=O)OCc2c(C)noc2C)C(C)C)c1. The van der Waals surface area contributed by atoms with Gasteiger partial charge in [-0.25, -0.2) is 13.2 Å². The smallest absolute Gasteiger partial charge is 0.329 e. The van der Waals surface area contributed by atoms with Gasteiger partial charge in [0.15, 0.2) is 0 Å². The number of nitrogens with zero attached hydrogens (tertiary/aromatic N) is 2. The van der Waals surface area contributed by atoms with E-state index in [4.69, 9.17) is 9.26 Å². The molecule has 1 aromatic heterocycles. The third-order valence-electron chi connectivity index (χ3n) is 5.19. The van der Waals surface area contributed by atoms with E-state index in [0.29, 0.717) is 30.1 Å². The number of esters is 1. The van der Waals surface area contributed by atoms with Gasteiger partial charge in [0.25, 0.3) is 5.91 Å². The van der Waals surface area contributed by atoms with E-state index in [1.165, 1.54) is 28.6 Å². The van der Waals surface area contributed by atoms with E-state index in [1.807, 2.05) is 0 Å². The number of carbonyl (C=O) groups excluding carboxylic acids is 2. The zero-order chi connectivity index (χ0) is 24.1. The molecule has 2 rings (SSSR count). The predicted molar refractivity (Wildman–Crippen MR) is 118 cm³/mol. The first kappa shape index (κ1) is 25.5. The molecule has 0 aliphatic heterocycles. The summed E-state index contributed by atoms with van der Waals surface area (Å²) in [6.07, 6.45) is 0. The summed E-state index contributed by atoms with van der Waals surface area (Å²) in [7, 11) is -3.71. The minimum atomic E-state index is -3.71. The van der Waals surface area contributed by atoms with Gasteiger partial charge >= 0.3 is 5.97 Å². The van der Waals surface area contributed by atoms with Crippen LogP contribution < -0.4 is 5.32 Å². The average Bonchev–Trinajstić information content (AvgIpc) is 3.07. The van der Waals surface area contributed by atoms with E-state index in [1.54, 1.807) is 41.5 Å². The fourth-order valence-corrected chi connectivity index (χ4v) is 4.68. The Balaban J connectivity index is 2.17. The molecule has 0 saturated carbocycles. The molecule has 1 amide bonds. The van der Waals surface area contributed by atoms with Crippen LogP contribution in [0.25, 0.3) is 0 Å². The maximum atomic E-state index is 12.8. The summed E-state index contributed by atoms with van der Waals surface area (Å²) in [5, 5.41) is 6.49. The zero-order valence-electron chi connectivity index (χ0n) is 19.3. The summed E-state index contributed by atoms with van der Waals surface area (Å²) in [6, 6.07) is 4.86. The normalized spacial score (nSPS) is 12.8. The number of aromatic nitrogens is 1. The van der Waals surface area contributed by atoms with E-state index in [2.05, 4.69) is 10.5 Å². The van der Waals surface area contributed by atoms with Crippen molar-refractivity contribution in [1.29, 1.82) is 0 Å². The largest absolute Gasteiger partial charge is 0.459 e. The highest BCUT2D eigenvalue weighted by Gasteiger charge is 2.28. The van der Waals surface area contributed by atoms with Gasteiger partial charge in [-0.05, 0) is 38.0 Å². The molecule has 1 N–H and O–H groups in total. The molecular formula is C22H31N3O6S. The van der Waals surface area contributed by atoms with Gasteiger partial charge in [-0.1, -0.05) is 38.9 Å². The number of aryl methyl sites for hydroxylation is 2. The monoisotopic (exact) mass is 465 g/mol. The van der Waals surface area contributed by atoms with Crippen molar-refractivity contribution in [2.45, 2.75) is 59.1 Å². The molecule has 0 bridgehead atoms. The summed E-state index contributed by atoms with van der Waals surface area (Å²) in [6.45, 7) is 11.2. The highest BCUT2D eigenvalue weighted by Crippen LogP contribution is 2.18. The lowest BCUT2D eigenvalue weighted by Crippen LogP contribution is -2.45. The van der Waals surface area contributed by atoms with Crippen LogP contribution in [0, 0.1) is 19.8 Å². The third kappa shape index (κ3) is 5.74. The van der Waals surface area contributed by atoms with Crippen molar-refractivity contribution in [3.8, 4) is 0 Å². The van der Waals surface area contributed by atoms with Crippen LogP contribution in [0.2, 0.25) is 0 Å². The van der Waals surface area contributed by atoms with Gasteiger partial charge in [-0.15, -0.1) is 0 Å². The van der Waals surface area contributed by atoms with E-state index in [9.17, 15) is 18.0 Å². The summed E-state index contributed by atoms with van der Waals surface area (Å²) < 4.78 is 37.3. The zero-order valence-corrected chi connectivity index (χ0v) is 20.2. The van der Waals surface area contributed by atoms with E-state index in [-0.39, 0.29) is 23.0 Å². The third-order valence-corrected chi connectivity index (χ3v) is 7.23. The number of sulfonamides is 1. The molecule has 9 nitrogen and oxygen atoms in total. The molecule has 1 atom stereocenters. The number of benzene rings is 1. The highest BCUT2D eigenvalue weighted by molar-refractivity contribution is 7.89. The number of hydrogen-bond donors (Lipinski definition) is 1. The van der Waals surface area contributed by atoms with Gasteiger partial charge in [-0.2, -0.15) is 4.31 Å². The molecule has 0 radical (unpaired) electrons. The number of ether oxygens (including phenoxy) is 1. The number of amides is 1. The van der Waals surface area contributed by atoms with E-state index in [0.717, 1.165) is 0 Å². The summed E-state index contributed by atoms with van der Waals surface area (Å²) in [5.74, 6) is -0.847. The molecule has 0 saturated heterocycles. The molecule has 0 fully saturated rings. The van der Waals surface area contributed by atoms with Crippen molar-refractivity contribution in [3.63, 3.8) is 0 Å². The highest BCUT2D eigenvalue weighted by atomic mass is 32.2. The second-order valence-electron chi connectivity index (χ2n) is 7.72. The van der Waals surface area contributed by atoms with Gasteiger partial charge in [0.05, 0.1) is 16.2 Å². The Morgan fingerprint density at radius 2 is 1.84 bits per heavy atom. The van der Waals surface area contributed by atoms with Crippen LogP contribution in [0.5, 0.6) is 0 Å². The molecule has 1 heterocycles. The standard InChI is InChI=1S/C22H31N3O6S/c1-7-25(8-2)32(28,29)18-11-9-10-17(12-18)21(26)23-20(14(3)4)22(27)30-13-19-15(5)24-31-16(19)6/h9-12,14,20H,7-8,13H2,1-6H3,(H,23,26)/t20-/m0/s1. The van der Waals surface area contributed by atoms with Crippen LogP contribution in [0.4, 0.5) is 0 Å². The molecule has 0 aliphatic carbocycles. The van der Waals surface area contributed by atoms with Gasteiger partial charge in [0.1, 0.15) is 18.4 Å². The molecule has 10 heteroatoms. The van der Waals surface area contributed by atoms with Crippen LogP contribution in [0.3, 0.4) is 0 Å². The minimum absolute atomic E-state index is 0.0172. The maximum Gasteiger partial charge on any atom is 0.329 e. The van der Waals surface area contributed by atoms with E-state index >= 15 is 0 Å². The average molecular weight is 466 g/mol. The first-order valence-electron chi connectivity index (χ1n) is 10.5. The number of nitrogens with one attached hydrogen (secondary N) is 1. The number of rotatable bonds is 10. The predicted octanol–water partition coefficient (Wildman–Crippen LogP) is 2.82. The number of hydrogen-bond acceptors (Lipinski definition) is 7. The van der Waals surface area contributed by atoms with Gasteiger partial charge in [0.2, 0.25) is 10.0 Å². The Hall–Kier alpha value is -2.72. The van der Waals surface area contributed by atoms with Crippen molar-refractivity contribution in [1.82, 2.24) is 14.8 Å². The molecule has 0 aliphatic rings. The maximum absolute atomic E-state index is 12.8. The fourth-order valence-electron chi connectivity index (χ4n) is 3.17. The first-order valence-corrected chi connectivity index (χ1v) is 12.0. The summed E-state index contributed by atoms with van der Waals surface area (Å²) in [5.41, 5.74) is 1.45. The fraction of sp³-hybridized carbons (Fsp3) is 0.500. The second-order valence-corrected chi connectivity index (χ2v) is 9.66. The van der Waals surface area contributed by atoms with Gasteiger partial charge < -0.3 is 14.6 Å². The van der Waals surface area contributed by atoms with E-state index < -0.39 is 27.9 Å². The molecule has 176 valence electrons.